The van der Waals surface area contributed by atoms with Gasteiger partial charge in [-0.1, -0.05) is 50.2 Å². The van der Waals surface area contributed by atoms with Crippen LogP contribution in [0.25, 0.3) is 23.0 Å². The number of nitrogen functional groups attached to an aromatic ring is 1. The quantitative estimate of drug-likeness (QED) is 0.537. The molecule has 0 atom stereocenters. The summed E-state index contributed by atoms with van der Waals surface area (Å²) in [4.78, 5) is 4.31. The maximum atomic E-state index is 5.92. The molecule has 148 valence electrons. The number of anilines is 1. The second kappa shape index (κ2) is 7.38. The first-order valence-corrected chi connectivity index (χ1v) is 9.15. The molecule has 2 aromatic heterocycles. The highest BCUT2D eigenvalue weighted by atomic mass is 16.6. The molecule has 8 nitrogen and oxygen atoms in total. The van der Waals surface area contributed by atoms with Crippen LogP contribution in [0, 0.1) is 0 Å². The van der Waals surface area contributed by atoms with Gasteiger partial charge in [-0.05, 0) is 51.1 Å². The summed E-state index contributed by atoms with van der Waals surface area (Å²) in [6.07, 6.45) is 0. The van der Waals surface area contributed by atoms with Crippen molar-refractivity contribution in [3.63, 3.8) is 0 Å². The molecule has 0 amide bonds. The van der Waals surface area contributed by atoms with Crippen molar-refractivity contribution in [1.29, 1.82) is 0 Å². The van der Waals surface area contributed by atoms with Gasteiger partial charge in [-0.25, -0.2) is 4.63 Å². The van der Waals surface area contributed by atoms with Crippen molar-refractivity contribution in [3.05, 3.63) is 59.7 Å². The summed E-state index contributed by atoms with van der Waals surface area (Å²) in [6.45, 7) is 6.98. The fourth-order valence-corrected chi connectivity index (χ4v) is 2.80. The monoisotopic (exact) mass is 391 g/mol. The third-order valence-corrected chi connectivity index (χ3v) is 4.45. The van der Waals surface area contributed by atoms with Crippen LogP contribution >= 0.6 is 0 Å². The average Bonchev–Trinajstić information content (AvgIpc) is 3.35. The first-order chi connectivity index (χ1) is 13.9. The molecule has 29 heavy (non-hydrogen) atoms. The van der Waals surface area contributed by atoms with E-state index in [1.54, 1.807) is 0 Å². The van der Waals surface area contributed by atoms with Crippen LogP contribution in [0.4, 0.5) is 5.82 Å². The molecule has 4 rings (SSSR count). The van der Waals surface area contributed by atoms with Crippen molar-refractivity contribution in [2.75, 3.05) is 5.73 Å². The Morgan fingerprint density at radius 3 is 2.48 bits per heavy atom. The van der Waals surface area contributed by atoms with Crippen LogP contribution < -0.4 is 10.5 Å². The van der Waals surface area contributed by atoms with Crippen LogP contribution in [0.5, 0.6) is 5.75 Å². The highest BCUT2D eigenvalue weighted by Gasteiger charge is 2.17. The molecule has 0 unspecified atom stereocenters. The number of rotatable bonds is 5. The van der Waals surface area contributed by atoms with Crippen LogP contribution in [-0.4, -0.2) is 20.5 Å². The van der Waals surface area contributed by atoms with Gasteiger partial charge in [0.15, 0.2) is 11.5 Å². The van der Waals surface area contributed by atoms with Gasteiger partial charge in [0, 0.05) is 5.56 Å². The molecular formula is C21H21N5O3. The van der Waals surface area contributed by atoms with Crippen molar-refractivity contribution in [2.45, 2.75) is 32.8 Å². The van der Waals surface area contributed by atoms with E-state index >= 15 is 0 Å². The summed E-state index contributed by atoms with van der Waals surface area (Å²) in [7, 11) is 0. The molecule has 0 aliphatic rings. The topological polar surface area (TPSA) is 113 Å². The van der Waals surface area contributed by atoms with E-state index in [-0.39, 0.29) is 22.8 Å². The molecule has 2 aromatic carbocycles. The fourth-order valence-electron chi connectivity index (χ4n) is 2.80. The number of ether oxygens (including phenoxy) is 1. The minimum Gasteiger partial charge on any atom is -0.489 e. The van der Waals surface area contributed by atoms with Crippen molar-refractivity contribution in [3.8, 4) is 28.7 Å². The molecule has 0 aliphatic heterocycles. The predicted octanol–water partition coefficient (Wildman–Crippen LogP) is 4.25. The third kappa shape index (κ3) is 4.11. The molecule has 8 heteroatoms. The molecular weight excluding hydrogens is 370 g/mol. The zero-order valence-corrected chi connectivity index (χ0v) is 16.4. The van der Waals surface area contributed by atoms with E-state index in [1.807, 2.05) is 36.4 Å². The van der Waals surface area contributed by atoms with Crippen LogP contribution in [0.15, 0.2) is 57.7 Å². The Balaban J connectivity index is 1.47. The van der Waals surface area contributed by atoms with E-state index in [1.165, 1.54) is 5.56 Å². The van der Waals surface area contributed by atoms with Crippen molar-refractivity contribution >= 4 is 5.82 Å². The summed E-state index contributed by atoms with van der Waals surface area (Å²) in [5.41, 5.74) is 9.04. The maximum Gasteiger partial charge on any atom is 0.258 e. The third-order valence-electron chi connectivity index (χ3n) is 4.45. The second-order valence-electron chi connectivity index (χ2n) is 7.68. The largest absolute Gasteiger partial charge is 0.489 e. The van der Waals surface area contributed by atoms with Gasteiger partial charge in [-0.3, -0.25) is 0 Å². The lowest BCUT2D eigenvalue weighted by Gasteiger charge is -2.19. The van der Waals surface area contributed by atoms with Gasteiger partial charge < -0.3 is 15.0 Å². The smallest absolute Gasteiger partial charge is 0.258 e. The number of hydrogen-bond acceptors (Lipinski definition) is 8. The summed E-state index contributed by atoms with van der Waals surface area (Å²) < 4.78 is 15.8. The van der Waals surface area contributed by atoms with E-state index in [0.717, 1.165) is 16.9 Å². The maximum absolute atomic E-state index is 5.92. The minimum absolute atomic E-state index is 0.108. The number of benzene rings is 2. The van der Waals surface area contributed by atoms with E-state index in [9.17, 15) is 0 Å². The molecule has 0 saturated heterocycles. The lowest BCUT2D eigenvalue weighted by atomic mass is 9.87. The Morgan fingerprint density at radius 2 is 1.79 bits per heavy atom. The van der Waals surface area contributed by atoms with Gasteiger partial charge in [0.2, 0.25) is 5.82 Å². The van der Waals surface area contributed by atoms with Gasteiger partial charge in [0.1, 0.15) is 12.4 Å². The van der Waals surface area contributed by atoms with Gasteiger partial charge in [-0.2, -0.15) is 4.98 Å². The normalized spacial score (nSPS) is 11.6. The van der Waals surface area contributed by atoms with Crippen LogP contribution in [0.1, 0.15) is 31.9 Å². The fraction of sp³-hybridized carbons (Fsp3) is 0.238. The highest BCUT2D eigenvalue weighted by Crippen LogP contribution is 2.26. The lowest BCUT2D eigenvalue weighted by molar-refractivity contribution is 0.306. The second-order valence-corrected chi connectivity index (χ2v) is 7.68. The van der Waals surface area contributed by atoms with Gasteiger partial charge in [0.25, 0.3) is 5.89 Å². The van der Waals surface area contributed by atoms with Crippen LogP contribution in [0.2, 0.25) is 0 Å². The molecule has 0 spiro atoms. The zero-order chi connectivity index (χ0) is 20.4. The zero-order valence-electron chi connectivity index (χ0n) is 16.4. The molecule has 0 radical (unpaired) electrons. The Hall–Kier alpha value is -3.68. The molecule has 0 bridgehead atoms. The number of hydrogen-bond donors (Lipinski definition) is 1. The van der Waals surface area contributed by atoms with Crippen LogP contribution in [-0.2, 0) is 12.0 Å². The minimum atomic E-state index is 0.108. The van der Waals surface area contributed by atoms with Crippen molar-refractivity contribution in [2.24, 2.45) is 0 Å². The average molecular weight is 391 g/mol. The summed E-state index contributed by atoms with van der Waals surface area (Å²) >= 11 is 0. The number of aromatic nitrogens is 4. The summed E-state index contributed by atoms with van der Waals surface area (Å²) in [6, 6.07) is 15.9. The van der Waals surface area contributed by atoms with Gasteiger partial charge in [-0.15, -0.1) is 0 Å². The first-order valence-electron chi connectivity index (χ1n) is 9.15. The first kappa shape index (κ1) is 18.7. The SMILES string of the molecule is CC(C)(C)c1ccc(OCc2cccc(-c3nc(-c4nonc4N)no3)c2)cc1. The van der Waals surface area contributed by atoms with E-state index < -0.39 is 0 Å². The molecule has 2 heterocycles. The summed E-state index contributed by atoms with van der Waals surface area (Å²) in [5, 5.41) is 11.1. The number of nitrogens with zero attached hydrogens (tertiary/aromatic N) is 4. The molecule has 2 N–H and O–H groups in total. The van der Waals surface area contributed by atoms with E-state index in [0.29, 0.717) is 12.5 Å². The van der Waals surface area contributed by atoms with E-state index in [4.69, 9.17) is 15.0 Å². The van der Waals surface area contributed by atoms with Gasteiger partial charge in [0.05, 0.1) is 0 Å². The highest BCUT2D eigenvalue weighted by molar-refractivity contribution is 5.64. The van der Waals surface area contributed by atoms with E-state index in [2.05, 4.69) is 58.0 Å². The molecule has 0 aliphatic carbocycles. The number of nitrogens with two attached hydrogens (primary N) is 1. The molecule has 4 aromatic rings. The standard InChI is InChI=1S/C21H21N5O3/c1-21(2,3)15-7-9-16(10-8-15)27-12-13-5-4-6-14(11-13)20-23-19(26-28-20)17-18(22)25-29-24-17/h4-11H,12H2,1-3H3,(H2,22,25). The predicted molar refractivity (Wildman–Crippen MR) is 107 cm³/mol. The van der Waals surface area contributed by atoms with Crippen molar-refractivity contribution in [1.82, 2.24) is 20.5 Å². The van der Waals surface area contributed by atoms with Crippen molar-refractivity contribution < 1.29 is 13.9 Å². The molecule has 0 saturated carbocycles. The summed E-state index contributed by atoms with van der Waals surface area (Å²) in [5.74, 6) is 1.49. The van der Waals surface area contributed by atoms with Crippen LogP contribution in [0.3, 0.4) is 0 Å². The molecule has 0 fully saturated rings. The Kier molecular flexibility index (Phi) is 4.75. The Morgan fingerprint density at radius 1 is 1.00 bits per heavy atom. The Bertz CT molecular complexity index is 1110. The Labute approximate surface area is 167 Å². The van der Waals surface area contributed by atoms with Gasteiger partial charge >= 0.3 is 0 Å². The lowest BCUT2D eigenvalue weighted by Crippen LogP contribution is -2.10.